The van der Waals surface area contributed by atoms with Crippen molar-refractivity contribution in [1.29, 1.82) is 0 Å². The summed E-state index contributed by atoms with van der Waals surface area (Å²) in [5.41, 5.74) is -0.357. The molecule has 0 aromatic heterocycles. The summed E-state index contributed by atoms with van der Waals surface area (Å²) in [5.74, 6) is -0.0869. The van der Waals surface area contributed by atoms with Gasteiger partial charge in [-0.1, -0.05) is 33.3 Å². The maximum atomic E-state index is 12.0. The average Bonchev–Trinajstić information content (AvgIpc) is 2.25. The first kappa shape index (κ1) is 13.4. The van der Waals surface area contributed by atoms with Crippen LogP contribution in [0.25, 0.3) is 0 Å². The van der Waals surface area contributed by atoms with Crippen LogP contribution in [0.5, 0.6) is 0 Å². The van der Waals surface area contributed by atoms with Gasteiger partial charge in [0.2, 0.25) is 0 Å². The van der Waals surface area contributed by atoms with E-state index in [0.29, 0.717) is 6.42 Å². The van der Waals surface area contributed by atoms with Gasteiger partial charge < -0.3 is 0 Å². The second-order valence-corrected chi connectivity index (χ2v) is 6.67. The topological polar surface area (TPSA) is 51.2 Å². The summed E-state index contributed by atoms with van der Waals surface area (Å²) in [6.07, 6.45) is 3.95. The zero-order valence-electron chi connectivity index (χ0n) is 10.0. The zero-order chi connectivity index (χ0) is 12.4. The number of hydrogen-bond donors (Lipinski definition) is 0. The number of sulfone groups is 1. The van der Waals surface area contributed by atoms with Crippen LogP contribution in [0.15, 0.2) is 12.0 Å². The van der Waals surface area contributed by atoms with Gasteiger partial charge in [-0.25, -0.2) is 8.42 Å². The van der Waals surface area contributed by atoms with Crippen LogP contribution in [-0.2, 0) is 14.6 Å². The number of Topliss-reactive ketones (excluding diaryl/α,β-unsaturated/α-hetero) is 1. The first-order chi connectivity index (χ1) is 7.43. The van der Waals surface area contributed by atoms with E-state index in [1.165, 1.54) is 0 Å². The first-order valence-electron chi connectivity index (χ1n) is 5.84. The fraction of sp³-hybridized carbons (Fsp3) is 0.750. The van der Waals surface area contributed by atoms with Gasteiger partial charge in [0.15, 0.2) is 15.6 Å². The molecule has 1 atom stereocenters. The molecule has 0 bridgehead atoms. The van der Waals surface area contributed by atoms with Gasteiger partial charge in [-0.3, -0.25) is 4.79 Å². The number of rotatable bonds is 6. The van der Waals surface area contributed by atoms with Crippen molar-refractivity contribution in [2.24, 2.45) is 5.41 Å². The summed E-state index contributed by atoms with van der Waals surface area (Å²) in [7, 11) is -3.40. The van der Waals surface area contributed by atoms with E-state index in [9.17, 15) is 13.2 Å². The highest BCUT2D eigenvalue weighted by Gasteiger charge is 2.56. The van der Waals surface area contributed by atoms with Crippen LogP contribution in [0.4, 0.5) is 0 Å². The Labute approximate surface area is 97.8 Å². The van der Waals surface area contributed by atoms with Crippen molar-refractivity contribution >= 4 is 15.6 Å². The molecule has 0 N–H and O–H groups in total. The Morgan fingerprint density at radius 1 is 1.38 bits per heavy atom. The molecule has 1 rings (SSSR count). The quantitative estimate of drug-likeness (QED) is 0.721. The lowest BCUT2D eigenvalue weighted by Crippen LogP contribution is -2.55. The molecular weight excluding hydrogens is 224 g/mol. The van der Waals surface area contributed by atoms with Gasteiger partial charge in [-0.15, -0.1) is 0 Å². The summed E-state index contributed by atoms with van der Waals surface area (Å²) in [6, 6.07) is 0. The van der Waals surface area contributed by atoms with Crippen molar-refractivity contribution in [3.63, 3.8) is 0 Å². The third-order valence-electron chi connectivity index (χ3n) is 3.48. The molecule has 1 fully saturated rings. The Kier molecular flexibility index (Phi) is 3.94. The lowest BCUT2D eigenvalue weighted by atomic mass is 9.62. The second kappa shape index (κ2) is 4.70. The van der Waals surface area contributed by atoms with E-state index in [1.54, 1.807) is 0 Å². The molecule has 4 heteroatoms. The van der Waals surface area contributed by atoms with E-state index in [2.05, 4.69) is 6.58 Å². The molecule has 0 amide bonds. The summed E-state index contributed by atoms with van der Waals surface area (Å²) in [5, 5.41) is 0.0975. The van der Waals surface area contributed by atoms with Crippen molar-refractivity contribution < 1.29 is 13.2 Å². The molecule has 0 saturated heterocycles. The van der Waals surface area contributed by atoms with Crippen molar-refractivity contribution in [2.45, 2.75) is 51.2 Å². The van der Waals surface area contributed by atoms with Gasteiger partial charge in [-0.05, 0) is 19.3 Å². The highest BCUT2D eigenvalue weighted by molar-refractivity contribution is 7.95. The molecule has 16 heavy (non-hydrogen) atoms. The molecule has 1 aliphatic carbocycles. The predicted octanol–water partition coefficient (Wildman–Crippen LogP) is 2.47. The van der Waals surface area contributed by atoms with E-state index < -0.39 is 15.1 Å². The molecule has 0 radical (unpaired) electrons. The Balaban J connectivity index is 2.85. The van der Waals surface area contributed by atoms with Crippen molar-refractivity contribution in [3.8, 4) is 0 Å². The normalized spacial score (nSPS) is 23.9. The van der Waals surface area contributed by atoms with Gasteiger partial charge in [0.05, 0.1) is 0 Å². The van der Waals surface area contributed by atoms with Crippen LogP contribution in [-0.4, -0.2) is 19.5 Å². The van der Waals surface area contributed by atoms with Crippen molar-refractivity contribution in [1.82, 2.24) is 0 Å². The van der Waals surface area contributed by atoms with Gasteiger partial charge in [-0.2, -0.15) is 0 Å². The van der Waals surface area contributed by atoms with Crippen LogP contribution >= 0.6 is 0 Å². The van der Waals surface area contributed by atoms with E-state index in [-0.39, 0.29) is 11.2 Å². The monoisotopic (exact) mass is 244 g/mol. The largest absolute Gasteiger partial charge is 0.298 e. The maximum Gasteiger partial charge on any atom is 0.181 e. The number of ketones is 1. The molecule has 1 aliphatic rings. The smallest absolute Gasteiger partial charge is 0.181 e. The first-order valence-corrected chi connectivity index (χ1v) is 7.45. The molecule has 0 aromatic rings. The van der Waals surface area contributed by atoms with Gasteiger partial charge in [0, 0.05) is 10.8 Å². The molecule has 0 aliphatic heterocycles. The minimum absolute atomic E-state index is 0.0869. The van der Waals surface area contributed by atoms with Crippen LogP contribution in [0.2, 0.25) is 0 Å². The summed E-state index contributed by atoms with van der Waals surface area (Å²) >= 11 is 0. The Hall–Kier alpha value is -0.640. The van der Waals surface area contributed by atoms with Crippen LogP contribution in [0, 0.1) is 5.41 Å². The molecule has 1 unspecified atom stereocenters. The summed E-state index contributed by atoms with van der Waals surface area (Å²) < 4.78 is 23.1. The Morgan fingerprint density at radius 2 is 1.88 bits per heavy atom. The highest BCUT2D eigenvalue weighted by Crippen LogP contribution is 2.48. The number of hydrogen-bond acceptors (Lipinski definition) is 3. The molecule has 1 saturated carbocycles. The fourth-order valence-corrected chi connectivity index (χ4v) is 4.00. The fourth-order valence-electron chi connectivity index (χ4n) is 2.67. The summed E-state index contributed by atoms with van der Waals surface area (Å²) in [6.45, 7) is 7.32. The standard InChI is InChI=1S/C12H20O3S/c1-4-7-12(8-5-2)9-10(11(12)13)16(14,15)6-3/h6,10H,3-5,7-9H2,1-2H3. The average molecular weight is 244 g/mol. The molecule has 3 nitrogen and oxygen atoms in total. The van der Waals surface area contributed by atoms with Crippen LogP contribution in [0.3, 0.4) is 0 Å². The molecular formula is C12H20O3S. The van der Waals surface area contributed by atoms with Crippen molar-refractivity contribution in [3.05, 3.63) is 12.0 Å². The van der Waals surface area contributed by atoms with Gasteiger partial charge >= 0.3 is 0 Å². The molecule has 0 spiro atoms. The third kappa shape index (κ3) is 2.08. The second-order valence-electron chi connectivity index (χ2n) is 4.59. The van der Waals surface area contributed by atoms with Crippen LogP contribution < -0.4 is 0 Å². The molecule has 0 heterocycles. The third-order valence-corrected chi connectivity index (χ3v) is 5.12. The molecule has 0 aromatic carbocycles. The minimum atomic E-state index is -3.40. The Morgan fingerprint density at radius 3 is 2.19 bits per heavy atom. The van der Waals surface area contributed by atoms with Crippen LogP contribution in [0.1, 0.15) is 46.0 Å². The van der Waals surface area contributed by atoms with E-state index in [0.717, 1.165) is 31.1 Å². The van der Waals surface area contributed by atoms with E-state index >= 15 is 0 Å². The predicted molar refractivity (Wildman–Crippen MR) is 64.8 cm³/mol. The van der Waals surface area contributed by atoms with Gasteiger partial charge in [0.1, 0.15) is 5.25 Å². The highest BCUT2D eigenvalue weighted by atomic mass is 32.2. The maximum absolute atomic E-state index is 12.0. The lowest BCUT2D eigenvalue weighted by Gasteiger charge is -2.45. The van der Waals surface area contributed by atoms with Gasteiger partial charge in [0.25, 0.3) is 0 Å². The molecule has 92 valence electrons. The number of carbonyl (C=O) groups excluding carboxylic acids is 1. The van der Waals surface area contributed by atoms with Crippen molar-refractivity contribution in [2.75, 3.05) is 0 Å². The lowest BCUT2D eigenvalue weighted by molar-refractivity contribution is -0.138. The van der Waals surface area contributed by atoms with E-state index in [4.69, 9.17) is 0 Å². The summed E-state index contributed by atoms with van der Waals surface area (Å²) in [4.78, 5) is 12.0. The zero-order valence-corrected chi connectivity index (χ0v) is 10.8. The van der Waals surface area contributed by atoms with E-state index in [1.807, 2.05) is 13.8 Å². The minimum Gasteiger partial charge on any atom is -0.298 e. The SMILES string of the molecule is C=CS(=O)(=O)C1CC(CCC)(CCC)C1=O. The number of carbonyl (C=O) groups is 1. The Bertz CT molecular complexity index is 375.